The van der Waals surface area contributed by atoms with Gasteiger partial charge in [-0.05, 0) is 51.4 Å². The lowest BCUT2D eigenvalue weighted by Crippen LogP contribution is -2.37. The molecule has 0 spiro atoms. The molecule has 0 fully saturated rings. The number of hydrogen-bond donors (Lipinski definition) is 1. The van der Waals surface area contributed by atoms with E-state index in [0.717, 1.165) is 57.8 Å². The number of phosphoric ester groups is 1. The van der Waals surface area contributed by atoms with Gasteiger partial charge in [-0.3, -0.25) is 18.6 Å². The lowest BCUT2D eigenvalue weighted by molar-refractivity contribution is -0.870. The van der Waals surface area contributed by atoms with E-state index in [0.29, 0.717) is 23.9 Å². The van der Waals surface area contributed by atoms with E-state index < -0.39 is 26.5 Å². The molecule has 9 nitrogen and oxygen atoms in total. The fraction of sp³-hybridized carbons (Fsp3) is 0.851. The highest BCUT2D eigenvalue weighted by Gasteiger charge is 2.27. The Balaban J connectivity index is 4.05. The van der Waals surface area contributed by atoms with Crippen LogP contribution in [0, 0.1) is 0 Å². The van der Waals surface area contributed by atoms with Crippen LogP contribution in [0.1, 0.15) is 316 Å². The Labute approximate surface area is 477 Å². The van der Waals surface area contributed by atoms with Gasteiger partial charge in [0.25, 0.3) is 0 Å². The highest BCUT2D eigenvalue weighted by molar-refractivity contribution is 7.47. The Morgan fingerprint density at radius 3 is 1.10 bits per heavy atom. The van der Waals surface area contributed by atoms with Gasteiger partial charge in [0.15, 0.2) is 6.10 Å². The minimum Gasteiger partial charge on any atom is -0.462 e. The summed E-state index contributed by atoms with van der Waals surface area (Å²) in [4.78, 5) is 35.8. The number of ether oxygens (including phenoxy) is 2. The van der Waals surface area contributed by atoms with Crippen LogP contribution in [0.15, 0.2) is 48.6 Å². The minimum atomic E-state index is -4.39. The van der Waals surface area contributed by atoms with Crippen molar-refractivity contribution in [3.63, 3.8) is 0 Å². The largest absolute Gasteiger partial charge is 0.472 e. The summed E-state index contributed by atoms with van der Waals surface area (Å²) in [5.41, 5.74) is 0. The van der Waals surface area contributed by atoms with Gasteiger partial charge < -0.3 is 18.9 Å². The molecule has 0 rings (SSSR count). The molecule has 0 aromatic heterocycles. The lowest BCUT2D eigenvalue weighted by Gasteiger charge is -2.24. The van der Waals surface area contributed by atoms with E-state index >= 15 is 0 Å². The van der Waals surface area contributed by atoms with Crippen LogP contribution in [0.25, 0.3) is 0 Å². The second-order valence-corrected chi connectivity index (χ2v) is 24.9. The predicted molar refractivity (Wildman–Crippen MR) is 330 cm³/mol. The van der Waals surface area contributed by atoms with Crippen LogP contribution in [-0.4, -0.2) is 74.9 Å². The van der Waals surface area contributed by atoms with E-state index in [-0.39, 0.29) is 25.6 Å². The second-order valence-electron chi connectivity index (χ2n) is 23.5. The molecule has 0 amide bonds. The highest BCUT2D eigenvalue weighted by Crippen LogP contribution is 2.43. The number of likely N-dealkylation sites (N-methyl/N-ethyl adjacent to an activating group) is 1. The van der Waals surface area contributed by atoms with Crippen molar-refractivity contribution < 1.29 is 42.1 Å². The summed E-state index contributed by atoms with van der Waals surface area (Å²) in [6, 6.07) is 0. The van der Waals surface area contributed by atoms with Crippen LogP contribution in [0.3, 0.4) is 0 Å². The number of unbranched alkanes of at least 4 members (excludes halogenated alkanes) is 39. The molecule has 0 aliphatic carbocycles. The van der Waals surface area contributed by atoms with Gasteiger partial charge >= 0.3 is 19.8 Å². The van der Waals surface area contributed by atoms with Crippen LogP contribution >= 0.6 is 7.82 Å². The molecule has 0 aliphatic rings. The average Bonchev–Trinajstić information content (AvgIpc) is 3.39. The fourth-order valence-electron chi connectivity index (χ4n) is 9.60. The molecule has 0 saturated carbocycles. The summed E-state index contributed by atoms with van der Waals surface area (Å²) >= 11 is 0. The topological polar surface area (TPSA) is 108 Å². The van der Waals surface area contributed by atoms with Gasteiger partial charge in [0.2, 0.25) is 0 Å². The third kappa shape index (κ3) is 63.0. The van der Waals surface area contributed by atoms with Crippen molar-refractivity contribution in [3.05, 3.63) is 48.6 Å². The predicted octanol–water partition coefficient (Wildman–Crippen LogP) is 20.9. The van der Waals surface area contributed by atoms with Crippen LogP contribution in [0.5, 0.6) is 0 Å². The molecule has 1 N–H and O–H groups in total. The Morgan fingerprint density at radius 1 is 0.416 bits per heavy atom. The molecule has 2 unspecified atom stereocenters. The molecular formula is C67H127NO8P+. The van der Waals surface area contributed by atoms with Crippen molar-refractivity contribution in [2.75, 3.05) is 47.5 Å². The maximum atomic E-state index is 12.9. The minimum absolute atomic E-state index is 0.0331. The first-order valence-corrected chi connectivity index (χ1v) is 34.4. The first-order valence-electron chi connectivity index (χ1n) is 32.9. The van der Waals surface area contributed by atoms with Crippen molar-refractivity contribution >= 4 is 19.8 Å². The van der Waals surface area contributed by atoms with Gasteiger partial charge in [0.1, 0.15) is 19.8 Å². The van der Waals surface area contributed by atoms with Gasteiger partial charge in [-0.1, -0.05) is 300 Å². The third-order valence-corrected chi connectivity index (χ3v) is 15.6. The van der Waals surface area contributed by atoms with Crippen LogP contribution < -0.4 is 0 Å². The molecule has 0 bridgehead atoms. The summed E-state index contributed by atoms with van der Waals surface area (Å²) in [7, 11) is 1.49. The zero-order valence-corrected chi connectivity index (χ0v) is 52.4. The maximum Gasteiger partial charge on any atom is 0.472 e. The summed E-state index contributed by atoms with van der Waals surface area (Å²) in [5, 5.41) is 0. The van der Waals surface area contributed by atoms with Crippen LogP contribution in [-0.2, 0) is 32.7 Å². The molecule has 2 atom stereocenters. The molecule has 0 aromatic rings. The van der Waals surface area contributed by atoms with Gasteiger partial charge in [-0.25, -0.2) is 4.57 Å². The second kappa shape index (κ2) is 58.6. The van der Waals surface area contributed by atoms with E-state index in [1.54, 1.807) is 0 Å². The molecule has 452 valence electrons. The molecule has 0 heterocycles. The van der Waals surface area contributed by atoms with Gasteiger partial charge in [0.05, 0.1) is 27.7 Å². The van der Waals surface area contributed by atoms with Crippen LogP contribution in [0.4, 0.5) is 0 Å². The van der Waals surface area contributed by atoms with Gasteiger partial charge in [-0.2, -0.15) is 0 Å². The summed E-state index contributed by atoms with van der Waals surface area (Å²) in [6.45, 7) is 4.38. The molecule has 0 aromatic carbocycles. The van der Waals surface area contributed by atoms with E-state index in [1.165, 1.54) is 225 Å². The normalized spacial score (nSPS) is 13.5. The molecule has 77 heavy (non-hydrogen) atoms. The monoisotopic (exact) mass is 1100 g/mol. The Hall–Kier alpha value is -2.03. The zero-order valence-electron chi connectivity index (χ0n) is 51.5. The van der Waals surface area contributed by atoms with E-state index in [2.05, 4.69) is 62.5 Å². The number of quaternary nitrogens is 1. The zero-order chi connectivity index (χ0) is 56.3. The summed E-state index contributed by atoms with van der Waals surface area (Å²) in [5.74, 6) is -0.781. The molecule has 10 heteroatoms. The van der Waals surface area contributed by atoms with E-state index in [1.807, 2.05) is 21.1 Å². The first-order chi connectivity index (χ1) is 37.5. The van der Waals surface area contributed by atoms with Gasteiger partial charge in [0, 0.05) is 12.8 Å². The Morgan fingerprint density at radius 2 is 0.740 bits per heavy atom. The standard InChI is InChI=1S/C67H126NO8P/c1-6-8-10-12-14-16-18-20-22-24-26-28-30-32-34-36-38-40-42-44-46-48-50-52-54-56-58-60-67(70)76-65(64-75-77(71,72)74-62-61-68(3,4)5)63-73-66(69)59-57-55-53-51-49-47-45-43-41-39-37-35-33-31-29-27-25-23-21-19-17-15-13-11-9-7-2/h8,10,14,16,20,22,26,28,65H,6-7,9,11-13,15,17-19,21,23-25,27,29-64H2,1-5H3/p+1/b10-8-,16-14-,22-20-,28-26-. The van der Waals surface area contributed by atoms with E-state index in [9.17, 15) is 19.0 Å². The number of rotatable bonds is 61. The third-order valence-electron chi connectivity index (χ3n) is 14.6. The number of allylic oxidation sites excluding steroid dienone is 8. The SMILES string of the molecule is CC/C=C\C/C=C\C/C=C\C/C=C\CCCCCCCCCCCCCCCCC(=O)OC(COC(=O)CCCCCCCCCCCCCCCCCCCCCCCCCCCC)COP(=O)(O)OCC[N+](C)(C)C. The molecule has 0 aliphatic heterocycles. The number of esters is 2. The first kappa shape index (κ1) is 75.0. The fourth-order valence-corrected chi connectivity index (χ4v) is 10.3. The van der Waals surface area contributed by atoms with Gasteiger partial charge in [-0.15, -0.1) is 0 Å². The Bertz CT molecular complexity index is 1440. The van der Waals surface area contributed by atoms with Crippen molar-refractivity contribution in [2.24, 2.45) is 0 Å². The Kier molecular flexibility index (Phi) is 57.1. The number of carbonyl (C=O) groups is 2. The smallest absolute Gasteiger partial charge is 0.462 e. The maximum absolute atomic E-state index is 12.9. The highest BCUT2D eigenvalue weighted by atomic mass is 31.2. The number of hydrogen-bond acceptors (Lipinski definition) is 7. The van der Waals surface area contributed by atoms with Crippen molar-refractivity contribution in [3.8, 4) is 0 Å². The summed E-state index contributed by atoms with van der Waals surface area (Å²) < 4.78 is 34.7. The quantitative estimate of drug-likeness (QED) is 0.0211. The number of nitrogens with zero attached hydrogens (tertiary/aromatic N) is 1. The van der Waals surface area contributed by atoms with E-state index in [4.69, 9.17) is 18.5 Å². The number of carbonyl (C=O) groups excluding carboxylic acids is 2. The van der Waals surface area contributed by atoms with Crippen molar-refractivity contribution in [1.82, 2.24) is 0 Å². The van der Waals surface area contributed by atoms with Crippen molar-refractivity contribution in [2.45, 2.75) is 322 Å². The molecule has 0 saturated heterocycles. The lowest BCUT2D eigenvalue weighted by atomic mass is 10.0. The molecular weight excluding hydrogens is 978 g/mol. The average molecular weight is 1110 g/mol. The number of phosphoric acid groups is 1. The van der Waals surface area contributed by atoms with Crippen LogP contribution in [0.2, 0.25) is 0 Å². The van der Waals surface area contributed by atoms with Crippen molar-refractivity contribution in [1.29, 1.82) is 0 Å². The molecule has 0 radical (unpaired) electrons. The summed E-state index contributed by atoms with van der Waals surface area (Å²) in [6.07, 6.45) is 74.9.